The van der Waals surface area contributed by atoms with Gasteiger partial charge in [0.15, 0.2) is 0 Å². The Balaban J connectivity index is 1.88. The summed E-state index contributed by atoms with van der Waals surface area (Å²) in [5.74, 6) is -0.465. The summed E-state index contributed by atoms with van der Waals surface area (Å²) in [6, 6.07) is 5.08. The average molecular weight is 546 g/mol. The number of halogens is 2. The second-order valence-electron chi connectivity index (χ2n) is 7.91. The van der Waals surface area contributed by atoms with Crippen molar-refractivity contribution in [3.8, 4) is 0 Å². The lowest BCUT2D eigenvalue weighted by Crippen LogP contribution is -2.50. The van der Waals surface area contributed by atoms with Gasteiger partial charge in [-0.05, 0) is 37.2 Å². The predicted octanol–water partition coefficient (Wildman–Crippen LogP) is 1.01. The zero-order valence-electron chi connectivity index (χ0n) is 18.8. The Kier molecular flexibility index (Phi) is 9.24. The first-order valence-corrected chi connectivity index (χ1v) is 12.1. The second kappa shape index (κ2) is 11.8. The van der Waals surface area contributed by atoms with Crippen LogP contribution in [0.3, 0.4) is 0 Å². The van der Waals surface area contributed by atoms with Crippen molar-refractivity contribution in [3.05, 3.63) is 60.4 Å². The van der Waals surface area contributed by atoms with Gasteiger partial charge >= 0.3 is 5.97 Å². The van der Waals surface area contributed by atoms with E-state index in [1.54, 1.807) is 32.2 Å². The maximum absolute atomic E-state index is 12.9. The van der Waals surface area contributed by atoms with Crippen LogP contribution in [0.5, 0.6) is 0 Å². The van der Waals surface area contributed by atoms with Gasteiger partial charge in [-0.3, -0.25) is 4.79 Å². The molecule has 0 bridgehead atoms. The standard InChI is InChI=1S/C22H25Cl2N3O7S/c1-9-16-20(32)26-15(6-10-3-4-11(23)12(24)5-10)27-21(16)35-19(9)22(33)34-14(7-25-2)18(31)17(30)13(29)8-28/h3-5,13-14,17-18,25,28-31H,6-8H2,1-2H3,(H,26,27,32)/t13-,14+,17-,18-/m1/s1. The number of carbonyl (C=O) groups excluding carboxylic acids is 1. The van der Waals surface area contributed by atoms with E-state index >= 15 is 0 Å². The van der Waals surface area contributed by atoms with Gasteiger partial charge in [-0.15, -0.1) is 11.3 Å². The Labute approximate surface area is 214 Å². The van der Waals surface area contributed by atoms with Gasteiger partial charge in [0, 0.05) is 13.0 Å². The molecule has 190 valence electrons. The van der Waals surface area contributed by atoms with E-state index < -0.39 is 42.6 Å². The van der Waals surface area contributed by atoms with E-state index in [1.165, 1.54) is 0 Å². The highest BCUT2D eigenvalue weighted by molar-refractivity contribution is 7.20. The minimum atomic E-state index is -1.75. The number of aliphatic hydroxyl groups is 4. The van der Waals surface area contributed by atoms with Gasteiger partial charge in [-0.25, -0.2) is 9.78 Å². The zero-order valence-corrected chi connectivity index (χ0v) is 21.1. The van der Waals surface area contributed by atoms with Crippen LogP contribution in [-0.2, 0) is 11.2 Å². The van der Waals surface area contributed by atoms with Crippen LogP contribution in [0.25, 0.3) is 10.2 Å². The van der Waals surface area contributed by atoms with Gasteiger partial charge in [-0.1, -0.05) is 29.3 Å². The monoisotopic (exact) mass is 545 g/mol. The van der Waals surface area contributed by atoms with Gasteiger partial charge in [0.05, 0.1) is 22.0 Å². The molecule has 13 heteroatoms. The number of H-pyrrole nitrogens is 1. The lowest BCUT2D eigenvalue weighted by Gasteiger charge is -2.28. The molecular weight excluding hydrogens is 521 g/mol. The number of rotatable bonds is 10. The number of aromatic amines is 1. The highest BCUT2D eigenvalue weighted by atomic mass is 35.5. The van der Waals surface area contributed by atoms with Crippen molar-refractivity contribution in [2.24, 2.45) is 0 Å². The molecule has 0 radical (unpaired) electrons. The summed E-state index contributed by atoms with van der Waals surface area (Å²) in [6.45, 7) is 0.754. The van der Waals surface area contributed by atoms with Crippen LogP contribution in [0, 0.1) is 6.92 Å². The fourth-order valence-corrected chi connectivity index (χ4v) is 4.89. The highest BCUT2D eigenvalue weighted by Gasteiger charge is 2.34. The third-order valence-corrected chi connectivity index (χ3v) is 7.27. The normalized spacial score (nSPS) is 15.1. The number of fused-ring (bicyclic) bond motifs is 1. The van der Waals surface area contributed by atoms with Crippen LogP contribution in [0.1, 0.15) is 26.6 Å². The van der Waals surface area contributed by atoms with E-state index in [0.29, 0.717) is 26.3 Å². The molecule has 0 fully saturated rings. The number of likely N-dealkylation sites (N-methyl/N-ethyl adjacent to an activating group) is 1. The van der Waals surface area contributed by atoms with Crippen molar-refractivity contribution < 1.29 is 30.0 Å². The molecule has 2 aromatic heterocycles. The van der Waals surface area contributed by atoms with Gasteiger partial charge in [0.2, 0.25) is 0 Å². The van der Waals surface area contributed by atoms with Crippen molar-refractivity contribution in [2.45, 2.75) is 37.8 Å². The Bertz CT molecular complexity index is 1270. The van der Waals surface area contributed by atoms with Crippen molar-refractivity contribution in [3.63, 3.8) is 0 Å². The lowest BCUT2D eigenvalue weighted by molar-refractivity contribution is -0.116. The van der Waals surface area contributed by atoms with Crippen molar-refractivity contribution in [1.29, 1.82) is 0 Å². The number of hydrogen-bond acceptors (Lipinski definition) is 10. The Morgan fingerprint density at radius 1 is 1.23 bits per heavy atom. The van der Waals surface area contributed by atoms with E-state index in [4.69, 9.17) is 33.0 Å². The smallest absolute Gasteiger partial charge is 0.349 e. The number of aryl methyl sites for hydroxylation is 1. The molecule has 0 saturated carbocycles. The number of carbonyl (C=O) groups is 1. The number of aromatic nitrogens is 2. The minimum absolute atomic E-state index is 0.0430. The molecule has 0 spiro atoms. The summed E-state index contributed by atoms with van der Waals surface area (Å²) in [5.41, 5.74) is 0.715. The van der Waals surface area contributed by atoms with Crippen LogP contribution in [0.15, 0.2) is 23.0 Å². The number of esters is 1. The second-order valence-corrected chi connectivity index (χ2v) is 9.72. The van der Waals surface area contributed by atoms with Crippen LogP contribution >= 0.6 is 34.5 Å². The molecule has 10 nitrogen and oxygen atoms in total. The van der Waals surface area contributed by atoms with Crippen LogP contribution in [-0.4, -0.2) is 81.0 Å². The lowest BCUT2D eigenvalue weighted by atomic mass is 10.0. The number of nitrogens with one attached hydrogen (secondary N) is 2. The zero-order chi connectivity index (χ0) is 25.9. The molecule has 1 aromatic carbocycles. The number of aliphatic hydroxyl groups excluding tert-OH is 4. The van der Waals surface area contributed by atoms with E-state index in [9.17, 15) is 24.9 Å². The molecule has 0 amide bonds. The molecule has 3 aromatic rings. The maximum Gasteiger partial charge on any atom is 0.349 e. The first kappa shape index (κ1) is 27.5. The number of hydrogen-bond donors (Lipinski definition) is 6. The quantitative estimate of drug-likeness (QED) is 0.204. The SMILES string of the molecule is CNC[C@H](OC(=O)c1sc2nc(Cc3ccc(Cl)c(Cl)c3)[nH]c(=O)c2c1C)[C@@H](O)[C@H](O)[C@H](O)CO. The molecule has 0 aliphatic heterocycles. The molecule has 4 atom stereocenters. The summed E-state index contributed by atoms with van der Waals surface area (Å²) in [4.78, 5) is 33.3. The number of thiophene rings is 1. The van der Waals surface area contributed by atoms with Crippen LogP contribution in [0.4, 0.5) is 0 Å². The third kappa shape index (κ3) is 6.19. The molecule has 6 N–H and O–H groups in total. The Hall–Kier alpha value is -2.09. The van der Waals surface area contributed by atoms with Crippen molar-refractivity contribution in [2.75, 3.05) is 20.2 Å². The summed E-state index contributed by atoms with van der Waals surface area (Å²) in [6.07, 6.45) is -6.01. The first-order chi connectivity index (χ1) is 16.6. The first-order valence-electron chi connectivity index (χ1n) is 10.5. The fourth-order valence-electron chi connectivity index (χ4n) is 3.49. The van der Waals surface area contributed by atoms with Gasteiger partial charge in [0.1, 0.15) is 39.9 Å². The molecular formula is C22H25Cl2N3O7S. The molecule has 0 unspecified atom stereocenters. The van der Waals surface area contributed by atoms with E-state index in [2.05, 4.69) is 15.3 Å². The maximum atomic E-state index is 12.9. The van der Waals surface area contributed by atoms with Crippen molar-refractivity contribution >= 4 is 50.7 Å². The summed E-state index contributed by atoms with van der Waals surface area (Å²) in [5, 5.41) is 42.7. The fraction of sp³-hybridized carbons (Fsp3) is 0.409. The molecule has 3 rings (SSSR count). The van der Waals surface area contributed by atoms with Crippen LogP contribution in [0.2, 0.25) is 10.0 Å². The Morgan fingerprint density at radius 2 is 1.94 bits per heavy atom. The topological polar surface area (TPSA) is 165 Å². The molecule has 2 heterocycles. The average Bonchev–Trinajstić information content (AvgIpc) is 3.16. The predicted molar refractivity (Wildman–Crippen MR) is 132 cm³/mol. The highest BCUT2D eigenvalue weighted by Crippen LogP contribution is 2.29. The molecule has 35 heavy (non-hydrogen) atoms. The summed E-state index contributed by atoms with van der Waals surface area (Å²) < 4.78 is 5.39. The van der Waals surface area contributed by atoms with E-state index in [-0.39, 0.29) is 23.2 Å². The summed E-state index contributed by atoms with van der Waals surface area (Å²) in [7, 11) is 1.55. The molecule has 0 saturated heterocycles. The summed E-state index contributed by atoms with van der Waals surface area (Å²) >= 11 is 13.0. The van der Waals surface area contributed by atoms with Crippen LogP contribution < -0.4 is 10.9 Å². The Morgan fingerprint density at radius 3 is 2.57 bits per heavy atom. The third-order valence-electron chi connectivity index (χ3n) is 5.37. The van der Waals surface area contributed by atoms with Crippen molar-refractivity contribution in [1.82, 2.24) is 15.3 Å². The van der Waals surface area contributed by atoms with Gasteiger partial charge in [0.25, 0.3) is 5.56 Å². The van der Waals surface area contributed by atoms with Gasteiger partial charge in [-0.2, -0.15) is 0 Å². The van der Waals surface area contributed by atoms with E-state index in [1.807, 2.05) is 0 Å². The number of nitrogens with zero attached hydrogens (tertiary/aromatic N) is 1. The molecule has 0 aliphatic carbocycles. The largest absolute Gasteiger partial charge is 0.454 e. The minimum Gasteiger partial charge on any atom is -0.454 e. The van der Waals surface area contributed by atoms with E-state index in [0.717, 1.165) is 16.9 Å². The number of ether oxygens (including phenoxy) is 1. The number of benzene rings is 1. The van der Waals surface area contributed by atoms with Gasteiger partial charge < -0.3 is 35.5 Å². The molecule has 0 aliphatic rings.